The van der Waals surface area contributed by atoms with Crippen molar-refractivity contribution in [1.29, 1.82) is 0 Å². The average molecular weight is 286 g/mol. The Balaban J connectivity index is 2.23. The molecule has 1 aromatic rings. The van der Waals surface area contributed by atoms with Crippen molar-refractivity contribution in [2.75, 3.05) is 17.7 Å². The minimum atomic E-state index is -1.36. The molecule has 1 aliphatic rings. The second kappa shape index (κ2) is 5.54. The first-order valence-corrected chi connectivity index (χ1v) is 5.68. The van der Waals surface area contributed by atoms with Gasteiger partial charge in [0.2, 0.25) is 0 Å². The highest BCUT2D eigenvalue weighted by atomic mass is 16.6. The third kappa shape index (κ3) is 2.49. The van der Waals surface area contributed by atoms with Crippen LogP contribution in [0.15, 0.2) is 6.33 Å². The smallest absolute Gasteiger partial charge is 0.343 e. The number of ether oxygens (including phenoxy) is 1. The van der Waals surface area contributed by atoms with E-state index in [0.29, 0.717) is 0 Å². The number of rotatable bonds is 4. The van der Waals surface area contributed by atoms with E-state index < -0.39 is 37.1 Å². The number of hydrogen-bond donors (Lipinski definition) is 6. The number of carbonyl (C=O) groups is 1. The normalized spacial score (nSPS) is 29.4. The van der Waals surface area contributed by atoms with Gasteiger partial charge in [-0.25, -0.2) is 14.8 Å². The highest BCUT2D eigenvalue weighted by Gasteiger charge is 2.43. The molecule has 10 nitrogen and oxygen atoms in total. The summed E-state index contributed by atoms with van der Waals surface area (Å²) < 4.78 is 5.16. The zero-order valence-corrected chi connectivity index (χ0v) is 10.2. The topological polar surface area (TPSA) is 171 Å². The summed E-state index contributed by atoms with van der Waals surface area (Å²) in [6.45, 7) is -0.492. The fraction of sp³-hybridized carbons (Fsp3) is 0.500. The number of anilines is 2. The van der Waals surface area contributed by atoms with E-state index in [4.69, 9.17) is 20.7 Å². The van der Waals surface area contributed by atoms with Gasteiger partial charge in [-0.15, -0.1) is 0 Å². The Morgan fingerprint density at radius 2 is 2.10 bits per heavy atom. The van der Waals surface area contributed by atoms with E-state index in [1.165, 1.54) is 0 Å². The van der Waals surface area contributed by atoms with Crippen molar-refractivity contribution in [2.45, 2.75) is 24.5 Å². The molecule has 0 bridgehead atoms. The van der Waals surface area contributed by atoms with Crippen molar-refractivity contribution in [2.24, 2.45) is 0 Å². The van der Waals surface area contributed by atoms with Crippen LogP contribution in [0.4, 0.5) is 11.6 Å². The number of nitrogens with one attached hydrogen (secondary N) is 1. The van der Waals surface area contributed by atoms with Crippen molar-refractivity contribution >= 4 is 17.6 Å². The summed E-state index contributed by atoms with van der Waals surface area (Å²) in [7, 11) is 0. The summed E-state index contributed by atoms with van der Waals surface area (Å²) >= 11 is 0. The molecule has 2 heterocycles. The van der Waals surface area contributed by atoms with E-state index in [-0.39, 0.29) is 17.2 Å². The van der Waals surface area contributed by atoms with Crippen LogP contribution in [0.3, 0.4) is 0 Å². The van der Waals surface area contributed by atoms with Crippen LogP contribution in [0.5, 0.6) is 0 Å². The van der Waals surface area contributed by atoms with E-state index in [1.54, 1.807) is 0 Å². The number of aromatic carboxylic acids is 1. The first-order chi connectivity index (χ1) is 9.45. The van der Waals surface area contributed by atoms with Gasteiger partial charge in [-0.1, -0.05) is 0 Å². The van der Waals surface area contributed by atoms with Crippen LogP contribution in [0.1, 0.15) is 10.4 Å². The lowest BCUT2D eigenvalue weighted by atomic mass is 10.1. The fourth-order valence-electron chi connectivity index (χ4n) is 1.87. The minimum Gasteiger partial charge on any atom is -0.477 e. The van der Waals surface area contributed by atoms with Gasteiger partial charge in [0, 0.05) is 0 Å². The van der Waals surface area contributed by atoms with Crippen LogP contribution in [0.25, 0.3) is 0 Å². The third-order valence-corrected chi connectivity index (χ3v) is 2.91. The summed E-state index contributed by atoms with van der Waals surface area (Å²) in [5, 5.41) is 39.9. The molecule has 1 aliphatic heterocycles. The molecule has 4 atom stereocenters. The van der Waals surface area contributed by atoms with Crippen molar-refractivity contribution in [3.05, 3.63) is 11.9 Å². The van der Waals surface area contributed by atoms with Crippen LogP contribution < -0.4 is 11.1 Å². The highest BCUT2D eigenvalue weighted by Crippen LogP contribution is 2.25. The molecular formula is C10H14N4O6. The number of nitrogens with two attached hydrogens (primary N) is 1. The first kappa shape index (κ1) is 14.4. The lowest BCUT2D eigenvalue weighted by Crippen LogP contribution is -2.37. The van der Waals surface area contributed by atoms with Crippen LogP contribution >= 0.6 is 0 Å². The van der Waals surface area contributed by atoms with Gasteiger partial charge in [0.15, 0.2) is 6.23 Å². The molecule has 10 heteroatoms. The first-order valence-electron chi connectivity index (χ1n) is 5.68. The van der Waals surface area contributed by atoms with E-state index in [2.05, 4.69) is 15.3 Å². The van der Waals surface area contributed by atoms with Gasteiger partial charge in [0.25, 0.3) is 0 Å². The van der Waals surface area contributed by atoms with Gasteiger partial charge >= 0.3 is 5.97 Å². The van der Waals surface area contributed by atoms with Gasteiger partial charge in [-0.05, 0) is 0 Å². The molecule has 2 rings (SSSR count). The molecular weight excluding hydrogens is 272 g/mol. The maximum Gasteiger partial charge on any atom is 0.343 e. The maximum absolute atomic E-state index is 11.1. The largest absolute Gasteiger partial charge is 0.477 e. The van der Waals surface area contributed by atoms with E-state index in [9.17, 15) is 15.0 Å². The minimum absolute atomic E-state index is 0.153. The molecule has 0 radical (unpaired) electrons. The fourth-order valence-corrected chi connectivity index (χ4v) is 1.87. The SMILES string of the molecule is Nc1ncnc(NC2OC(CO)C(O)C2O)c1C(=O)O. The van der Waals surface area contributed by atoms with Crippen molar-refractivity contribution in [1.82, 2.24) is 9.97 Å². The summed E-state index contributed by atoms with van der Waals surface area (Å²) in [5.41, 5.74) is 5.08. The number of aliphatic hydroxyl groups excluding tert-OH is 3. The predicted molar refractivity (Wildman–Crippen MR) is 64.8 cm³/mol. The van der Waals surface area contributed by atoms with Gasteiger partial charge in [-0.3, -0.25) is 0 Å². The predicted octanol–water partition coefficient (Wildman–Crippen LogP) is -2.39. The quantitative estimate of drug-likeness (QED) is 0.350. The molecule has 4 unspecified atom stereocenters. The number of carboxylic acids is 1. The summed E-state index contributed by atoms with van der Waals surface area (Å²) in [5.74, 6) is -1.75. The zero-order valence-electron chi connectivity index (χ0n) is 10.2. The molecule has 1 saturated heterocycles. The second-order valence-electron chi connectivity index (χ2n) is 4.19. The Hall–Kier alpha value is -2.01. The molecule has 0 aromatic carbocycles. The summed E-state index contributed by atoms with van der Waals surface area (Å²) in [6, 6.07) is 0. The Morgan fingerprint density at radius 3 is 2.65 bits per heavy atom. The summed E-state index contributed by atoms with van der Waals surface area (Å²) in [6.07, 6.45) is -3.72. The van der Waals surface area contributed by atoms with Crippen molar-refractivity contribution < 1.29 is 30.0 Å². The van der Waals surface area contributed by atoms with Crippen LogP contribution in [-0.4, -0.2) is 67.5 Å². The Kier molecular flexibility index (Phi) is 3.99. The van der Waals surface area contributed by atoms with E-state index >= 15 is 0 Å². The molecule has 1 fully saturated rings. The molecule has 0 saturated carbocycles. The maximum atomic E-state index is 11.1. The molecule has 0 aliphatic carbocycles. The number of nitrogen functional groups attached to an aromatic ring is 1. The summed E-state index contributed by atoms with van der Waals surface area (Å²) in [4.78, 5) is 18.4. The number of hydrogen-bond acceptors (Lipinski definition) is 9. The Morgan fingerprint density at radius 1 is 1.40 bits per heavy atom. The van der Waals surface area contributed by atoms with Crippen LogP contribution in [0.2, 0.25) is 0 Å². The van der Waals surface area contributed by atoms with Crippen molar-refractivity contribution in [3.63, 3.8) is 0 Å². The van der Waals surface area contributed by atoms with Gasteiger partial charge < -0.3 is 36.2 Å². The molecule has 1 aromatic heterocycles. The number of aliphatic hydroxyl groups is 3. The van der Waals surface area contributed by atoms with E-state index in [0.717, 1.165) is 6.33 Å². The Bertz CT molecular complexity index is 513. The number of carboxylic acid groups (broad SMARTS) is 1. The molecule has 110 valence electrons. The zero-order chi connectivity index (χ0) is 14.9. The molecule has 20 heavy (non-hydrogen) atoms. The third-order valence-electron chi connectivity index (χ3n) is 2.91. The lowest BCUT2D eigenvalue weighted by Gasteiger charge is -2.18. The lowest BCUT2D eigenvalue weighted by molar-refractivity contribution is -0.0154. The van der Waals surface area contributed by atoms with Gasteiger partial charge in [-0.2, -0.15) is 0 Å². The standard InChI is InChI=1S/C10H14N4O6/c11-7-4(10(18)19)8(13-2-12-7)14-9-6(17)5(16)3(1-15)20-9/h2-3,5-6,9,15-17H,1H2,(H,18,19)(H3,11,12,13,14). The number of nitrogens with zero attached hydrogens (tertiary/aromatic N) is 2. The molecule has 0 amide bonds. The van der Waals surface area contributed by atoms with E-state index in [1.807, 2.05) is 0 Å². The number of aromatic nitrogens is 2. The molecule has 0 spiro atoms. The van der Waals surface area contributed by atoms with Gasteiger partial charge in [0.05, 0.1) is 6.61 Å². The van der Waals surface area contributed by atoms with Crippen LogP contribution in [0, 0.1) is 0 Å². The van der Waals surface area contributed by atoms with Crippen LogP contribution in [-0.2, 0) is 4.74 Å². The highest BCUT2D eigenvalue weighted by molar-refractivity contribution is 5.97. The average Bonchev–Trinajstić information content (AvgIpc) is 2.66. The second-order valence-corrected chi connectivity index (χ2v) is 4.19. The Labute approximate surface area is 112 Å². The molecule has 7 N–H and O–H groups in total. The van der Waals surface area contributed by atoms with Crippen molar-refractivity contribution in [3.8, 4) is 0 Å². The monoisotopic (exact) mass is 286 g/mol. The van der Waals surface area contributed by atoms with Gasteiger partial charge in [0.1, 0.15) is 41.8 Å².